The smallest absolute Gasteiger partial charge is 0.130 e. The molecule has 0 saturated carbocycles. The van der Waals surface area contributed by atoms with Crippen LogP contribution in [-0.2, 0) is 0 Å². The molecule has 4 nitrogen and oxygen atoms in total. The van der Waals surface area contributed by atoms with Crippen molar-refractivity contribution >= 4 is 5.82 Å². The van der Waals surface area contributed by atoms with Crippen LogP contribution in [-0.4, -0.2) is 17.1 Å². The van der Waals surface area contributed by atoms with E-state index >= 15 is 0 Å². The van der Waals surface area contributed by atoms with Crippen LogP contribution >= 0.6 is 0 Å². The first-order valence-electron chi connectivity index (χ1n) is 8.07. The Morgan fingerprint density at radius 2 is 1.84 bits per heavy atom. The molecule has 1 N–H and O–H groups in total. The number of aromatic nitrogens is 2. The third-order valence-electron chi connectivity index (χ3n) is 3.92. The van der Waals surface area contributed by atoms with E-state index in [0.717, 1.165) is 16.9 Å². The zero-order valence-corrected chi connectivity index (χ0v) is 14.5. The minimum atomic E-state index is -0.284. The Labute approximate surface area is 146 Å². The van der Waals surface area contributed by atoms with Crippen LogP contribution in [0.3, 0.4) is 0 Å². The van der Waals surface area contributed by atoms with Gasteiger partial charge in [0.1, 0.15) is 23.2 Å². The summed E-state index contributed by atoms with van der Waals surface area (Å²) in [5, 5.41) is 3.37. The van der Waals surface area contributed by atoms with Crippen molar-refractivity contribution in [2.75, 3.05) is 12.4 Å². The molecule has 0 fully saturated rings. The van der Waals surface area contributed by atoms with E-state index in [-0.39, 0.29) is 11.9 Å². The van der Waals surface area contributed by atoms with Gasteiger partial charge >= 0.3 is 0 Å². The summed E-state index contributed by atoms with van der Waals surface area (Å²) in [6.07, 6.45) is 0. The first-order valence-corrected chi connectivity index (χ1v) is 8.07. The Bertz CT molecular complexity index is 882. The standard InChI is InChI=1S/C20H20FN3O/c1-13(15-6-5-9-18(11-15)25-3)22-20-12-19(23-14(2)24-20)16-7-4-8-17(21)10-16/h4-13H,1-3H3,(H,22,23,24)/t13-/m0/s1. The molecule has 25 heavy (non-hydrogen) atoms. The normalized spacial score (nSPS) is 11.8. The maximum Gasteiger partial charge on any atom is 0.130 e. The largest absolute Gasteiger partial charge is 0.497 e. The molecule has 0 saturated heterocycles. The van der Waals surface area contributed by atoms with Gasteiger partial charge in [-0.3, -0.25) is 0 Å². The first-order chi connectivity index (χ1) is 12.0. The van der Waals surface area contributed by atoms with Crippen LogP contribution in [0, 0.1) is 12.7 Å². The first kappa shape index (κ1) is 16.9. The molecule has 1 heterocycles. The number of hydrogen-bond donors (Lipinski definition) is 1. The molecule has 128 valence electrons. The molecule has 0 spiro atoms. The molecule has 0 aliphatic carbocycles. The van der Waals surface area contributed by atoms with Crippen molar-refractivity contribution in [3.05, 3.63) is 71.8 Å². The molecule has 5 heteroatoms. The summed E-state index contributed by atoms with van der Waals surface area (Å²) in [6.45, 7) is 3.87. The van der Waals surface area contributed by atoms with E-state index in [9.17, 15) is 4.39 Å². The van der Waals surface area contributed by atoms with Crippen molar-refractivity contribution in [1.82, 2.24) is 9.97 Å². The second-order valence-electron chi connectivity index (χ2n) is 5.84. The molecule has 0 aliphatic rings. The lowest BCUT2D eigenvalue weighted by atomic mass is 10.1. The highest BCUT2D eigenvalue weighted by Gasteiger charge is 2.10. The Hall–Kier alpha value is -2.95. The van der Waals surface area contributed by atoms with E-state index in [1.165, 1.54) is 12.1 Å². The van der Waals surface area contributed by atoms with Crippen molar-refractivity contribution in [3.63, 3.8) is 0 Å². The molecular formula is C20H20FN3O. The van der Waals surface area contributed by atoms with Gasteiger partial charge in [0.05, 0.1) is 18.8 Å². The van der Waals surface area contributed by atoms with Crippen LogP contribution in [0.1, 0.15) is 24.4 Å². The minimum Gasteiger partial charge on any atom is -0.497 e. The van der Waals surface area contributed by atoms with Gasteiger partial charge in [-0.15, -0.1) is 0 Å². The van der Waals surface area contributed by atoms with Gasteiger partial charge in [0.15, 0.2) is 0 Å². The summed E-state index contributed by atoms with van der Waals surface area (Å²) in [5.74, 6) is 1.85. The SMILES string of the molecule is COc1cccc([C@H](C)Nc2cc(-c3cccc(F)c3)nc(C)n2)c1. The van der Waals surface area contributed by atoms with Crippen molar-refractivity contribution in [2.45, 2.75) is 19.9 Å². The van der Waals surface area contributed by atoms with E-state index in [1.807, 2.05) is 50.2 Å². The lowest BCUT2D eigenvalue weighted by Gasteiger charge is -2.16. The Kier molecular flexibility index (Phi) is 4.93. The molecule has 0 radical (unpaired) electrons. The van der Waals surface area contributed by atoms with Gasteiger partial charge in [0.25, 0.3) is 0 Å². The molecule has 3 rings (SSSR count). The number of halogens is 1. The average molecular weight is 337 g/mol. The zero-order valence-electron chi connectivity index (χ0n) is 14.5. The molecule has 0 aliphatic heterocycles. The molecule has 0 amide bonds. The molecular weight excluding hydrogens is 317 g/mol. The van der Waals surface area contributed by atoms with Crippen molar-refractivity contribution in [1.29, 1.82) is 0 Å². The summed E-state index contributed by atoms with van der Waals surface area (Å²) < 4.78 is 18.8. The second kappa shape index (κ2) is 7.30. The van der Waals surface area contributed by atoms with Gasteiger partial charge in [-0.1, -0.05) is 24.3 Å². The summed E-state index contributed by atoms with van der Waals surface area (Å²) >= 11 is 0. The zero-order chi connectivity index (χ0) is 17.8. The number of benzene rings is 2. The van der Waals surface area contributed by atoms with Crippen LogP contribution in [0.4, 0.5) is 10.2 Å². The van der Waals surface area contributed by atoms with E-state index in [0.29, 0.717) is 17.3 Å². The fourth-order valence-corrected chi connectivity index (χ4v) is 2.65. The molecule has 0 bridgehead atoms. The lowest BCUT2D eigenvalue weighted by molar-refractivity contribution is 0.414. The Morgan fingerprint density at radius 3 is 2.60 bits per heavy atom. The number of aryl methyl sites for hydroxylation is 1. The fourth-order valence-electron chi connectivity index (χ4n) is 2.65. The van der Waals surface area contributed by atoms with Crippen molar-refractivity contribution in [3.8, 4) is 17.0 Å². The minimum absolute atomic E-state index is 0.0322. The molecule has 1 aromatic heterocycles. The summed E-state index contributed by atoms with van der Waals surface area (Å²) in [6, 6.07) is 16.1. The van der Waals surface area contributed by atoms with Crippen molar-refractivity contribution in [2.24, 2.45) is 0 Å². The lowest BCUT2D eigenvalue weighted by Crippen LogP contribution is -2.09. The van der Waals surface area contributed by atoms with E-state index < -0.39 is 0 Å². The highest BCUT2D eigenvalue weighted by Crippen LogP contribution is 2.25. The van der Waals surface area contributed by atoms with Gasteiger partial charge in [0.2, 0.25) is 0 Å². The fraction of sp³-hybridized carbons (Fsp3) is 0.200. The number of hydrogen-bond acceptors (Lipinski definition) is 4. The topological polar surface area (TPSA) is 47.0 Å². The molecule has 3 aromatic rings. The Morgan fingerprint density at radius 1 is 1.04 bits per heavy atom. The summed E-state index contributed by atoms with van der Waals surface area (Å²) in [5.41, 5.74) is 2.50. The molecule has 0 unspecified atom stereocenters. The maximum atomic E-state index is 13.5. The van der Waals surface area contributed by atoms with Crippen LogP contribution in [0.2, 0.25) is 0 Å². The van der Waals surface area contributed by atoms with E-state index in [4.69, 9.17) is 4.74 Å². The third kappa shape index (κ3) is 4.12. The predicted molar refractivity (Wildman–Crippen MR) is 97.2 cm³/mol. The van der Waals surface area contributed by atoms with Gasteiger partial charge in [-0.25, -0.2) is 14.4 Å². The second-order valence-corrected chi connectivity index (χ2v) is 5.84. The van der Waals surface area contributed by atoms with Crippen LogP contribution < -0.4 is 10.1 Å². The average Bonchev–Trinajstić information content (AvgIpc) is 2.61. The van der Waals surface area contributed by atoms with Crippen molar-refractivity contribution < 1.29 is 9.13 Å². The number of anilines is 1. The van der Waals surface area contributed by atoms with Gasteiger partial charge in [-0.05, 0) is 43.7 Å². The number of methoxy groups -OCH3 is 1. The number of ether oxygens (including phenoxy) is 1. The van der Waals surface area contributed by atoms with Gasteiger partial charge < -0.3 is 10.1 Å². The summed E-state index contributed by atoms with van der Waals surface area (Å²) in [7, 11) is 1.65. The number of nitrogens with zero attached hydrogens (tertiary/aromatic N) is 2. The molecule has 1 atom stereocenters. The van der Waals surface area contributed by atoms with E-state index in [2.05, 4.69) is 15.3 Å². The predicted octanol–water partition coefficient (Wildman–Crippen LogP) is 4.77. The maximum absolute atomic E-state index is 13.5. The van der Waals surface area contributed by atoms with E-state index in [1.54, 1.807) is 13.2 Å². The molecule has 2 aromatic carbocycles. The van der Waals surface area contributed by atoms with Crippen LogP contribution in [0.25, 0.3) is 11.3 Å². The third-order valence-corrected chi connectivity index (χ3v) is 3.92. The van der Waals surface area contributed by atoms with Crippen LogP contribution in [0.15, 0.2) is 54.6 Å². The monoisotopic (exact) mass is 337 g/mol. The summed E-state index contributed by atoms with van der Waals surface area (Å²) in [4.78, 5) is 8.86. The highest BCUT2D eigenvalue weighted by molar-refractivity contribution is 5.62. The van der Waals surface area contributed by atoms with Gasteiger partial charge in [-0.2, -0.15) is 0 Å². The number of nitrogens with one attached hydrogen (secondary N) is 1. The highest BCUT2D eigenvalue weighted by atomic mass is 19.1. The van der Waals surface area contributed by atoms with Gasteiger partial charge in [0, 0.05) is 11.6 Å². The number of rotatable bonds is 5. The Balaban J connectivity index is 1.87. The van der Waals surface area contributed by atoms with Crippen LogP contribution in [0.5, 0.6) is 5.75 Å². The quantitative estimate of drug-likeness (QED) is 0.728.